The van der Waals surface area contributed by atoms with Crippen LogP contribution < -0.4 is 16.6 Å². The molecule has 21 heavy (non-hydrogen) atoms. The fourth-order valence-electron chi connectivity index (χ4n) is 1.91. The zero-order valence-electron chi connectivity index (χ0n) is 11.4. The van der Waals surface area contributed by atoms with E-state index in [1.54, 1.807) is 37.4 Å². The summed E-state index contributed by atoms with van der Waals surface area (Å²) in [6.45, 7) is 0. The Bertz CT molecular complexity index is 722. The molecule has 0 aliphatic heterocycles. The lowest BCUT2D eigenvalue weighted by atomic mass is 10.1. The molecule has 6 nitrogen and oxygen atoms in total. The number of pyridine rings is 1. The number of nitrogens with two attached hydrogens (primary N) is 1. The molecule has 0 unspecified atom stereocenters. The van der Waals surface area contributed by atoms with Crippen molar-refractivity contribution in [1.82, 2.24) is 9.88 Å². The molecule has 6 heteroatoms. The van der Waals surface area contributed by atoms with Gasteiger partial charge in [-0.25, -0.2) is 0 Å². The average molecular weight is 285 g/mol. The van der Waals surface area contributed by atoms with E-state index in [1.807, 2.05) is 0 Å². The van der Waals surface area contributed by atoms with Crippen molar-refractivity contribution >= 4 is 11.8 Å². The minimum Gasteiger partial charge on any atom is -0.368 e. The first-order chi connectivity index (χ1) is 9.99. The van der Waals surface area contributed by atoms with Gasteiger partial charge in [0.25, 0.3) is 5.91 Å². The first kappa shape index (κ1) is 14.5. The van der Waals surface area contributed by atoms with Gasteiger partial charge in [-0.15, -0.1) is 0 Å². The largest absolute Gasteiger partial charge is 0.368 e. The van der Waals surface area contributed by atoms with Gasteiger partial charge in [-0.3, -0.25) is 14.4 Å². The monoisotopic (exact) mass is 285 g/mol. The van der Waals surface area contributed by atoms with Gasteiger partial charge >= 0.3 is 0 Å². The molecule has 0 aliphatic carbocycles. The molecule has 2 aromatic rings. The van der Waals surface area contributed by atoms with Crippen molar-refractivity contribution in [2.45, 2.75) is 6.04 Å². The highest BCUT2D eigenvalue weighted by Crippen LogP contribution is 2.12. The van der Waals surface area contributed by atoms with E-state index < -0.39 is 17.9 Å². The van der Waals surface area contributed by atoms with Crippen molar-refractivity contribution in [2.75, 3.05) is 0 Å². The Hall–Kier alpha value is -2.89. The van der Waals surface area contributed by atoms with Gasteiger partial charge in [-0.05, 0) is 11.6 Å². The highest BCUT2D eigenvalue weighted by Gasteiger charge is 2.20. The molecule has 0 saturated carbocycles. The van der Waals surface area contributed by atoms with Crippen LogP contribution in [0.4, 0.5) is 0 Å². The van der Waals surface area contributed by atoms with E-state index in [2.05, 4.69) is 5.32 Å². The predicted molar refractivity (Wildman–Crippen MR) is 77.5 cm³/mol. The number of benzene rings is 1. The van der Waals surface area contributed by atoms with Gasteiger partial charge in [0, 0.05) is 19.3 Å². The van der Waals surface area contributed by atoms with Crippen molar-refractivity contribution in [3.8, 4) is 0 Å². The second kappa shape index (κ2) is 6.04. The Morgan fingerprint density at radius 3 is 2.38 bits per heavy atom. The van der Waals surface area contributed by atoms with Crippen molar-refractivity contribution in [2.24, 2.45) is 12.8 Å². The van der Waals surface area contributed by atoms with E-state index >= 15 is 0 Å². The molecule has 0 radical (unpaired) electrons. The number of amides is 2. The van der Waals surface area contributed by atoms with Crippen LogP contribution in [0.25, 0.3) is 0 Å². The summed E-state index contributed by atoms with van der Waals surface area (Å²) in [7, 11) is 1.54. The van der Waals surface area contributed by atoms with Gasteiger partial charge in [-0.1, -0.05) is 30.3 Å². The molecule has 1 heterocycles. The topological polar surface area (TPSA) is 94.2 Å². The Labute approximate surface area is 121 Å². The Kier molecular flexibility index (Phi) is 4.18. The number of nitrogens with one attached hydrogen (secondary N) is 1. The van der Waals surface area contributed by atoms with Crippen LogP contribution in [0, 0.1) is 0 Å². The lowest BCUT2D eigenvalue weighted by molar-refractivity contribution is -0.120. The van der Waals surface area contributed by atoms with Gasteiger partial charge in [0.05, 0.1) is 5.56 Å². The highest BCUT2D eigenvalue weighted by molar-refractivity contribution is 5.97. The standard InChI is InChI=1S/C15H15N3O3/c1-18-9-11(7-8-12(18)19)15(21)17-13(14(16)20)10-5-3-2-4-6-10/h2-9,13H,1H3,(H2,16,20)(H,17,21)/t13-/m1/s1. The maximum Gasteiger partial charge on any atom is 0.253 e. The quantitative estimate of drug-likeness (QED) is 0.848. The van der Waals surface area contributed by atoms with Gasteiger partial charge in [-0.2, -0.15) is 0 Å². The SMILES string of the molecule is Cn1cc(C(=O)N[C@@H](C(N)=O)c2ccccc2)ccc1=O. The van der Waals surface area contributed by atoms with E-state index in [0.717, 1.165) is 0 Å². The van der Waals surface area contributed by atoms with Gasteiger partial charge in [0.2, 0.25) is 11.5 Å². The smallest absolute Gasteiger partial charge is 0.253 e. The highest BCUT2D eigenvalue weighted by atomic mass is 16.2. The molecule has 0 fully saturated rings. The summed E-state index contributed by atoms with van der Waals surface area (Å²) in [5.41, 5.74) is 6.00. The summed E-state index contributed by atoms with van der Waals surface area (Å²) < 4.78 is 1.29. The van der Waals surface area contributed by atoms with E-state index in [-0.39, 0.29) is 11.1 Å². The molecule has 108 valence electrons. The third-order valence-corrected chi connectivity index (χ3v) is 3.04. The van der Waals surface area contributed by atoms with Crippen LogP contribution in [-0.2, 0) is 11.8 Å². The van der Waals surface area contributed by atoms with Crippen molar-refractivity contribution in [3.05, 3.63) is 70.1 Å². The number of nitrogens with zero attached hydrogens (tertiary/aromatic N) is 1. The van der Waals surface area contributed by atoms with Crippen LogP contribution in [0.15, 0.2) is 53.5 Å². The molecule has 2 amide bonds. The molecule has 3 N–H and O–H groups in total. The number of hydrogen-bond donors (Lipinski definition) is 2. The molecule has 2 rings (SSSR count). The molecule has 0 aliphatic rings. The predicted octanol–water partition coefficient (Wildman–Crippen LogP) is 0.342. The Morgan fingerprint density at radius 1 is 1.14 bits per heavy atom. The maximum absolute atomic E-state index is 12.2. The lowest BCUT2D eigenvalue weighted by Crippen LogP contribution is -2.37. The van der Waals surface area contributed by atoms with Gasteiger partial charge < -0.3 is 15.6 Å². The third kappa shape index (κ3) is 3.36. The number of aryl methyl sites for hydroxylation is 1. The van der Waals surface area contributed by atoms with Crippen LogP contribution in [0.3, 0.4) is 0 Å². The number of primary amides is 1. The zero-order chi connectivity index (χ0) is 15.4. The summed E-state index contributed by atoms with van der Waals surface area (Å²) >= 11 is 0. The van der Waals surface area contributed by atoms with Crippen LogP contribution in [0.1, 0.15) is 22.0 Å². The van der Waals surface area contributed by atoms with Crippen LogP contribution in [0.2, 0.25) is 0 Å². The normalized spacial score (nSPS) is 11.7. The lowest BCUT2D eigenvalue weighted by Gasteiger charge is -2.16. The molecule has 0 spiro atoms. The Balaban J connectivity index is 2.25. The zero-order valence-corrected chi connectivity index (χ0v) is 11.4. The number of carbonyl (C=O) groups is 2. The minimum absolute atomic E-state index is 0.221. The second-order valence-corrected chi connectivity index (χ2v) is 4.59. The molecular weight excluding hydrogens is 270 g/mol. The summed E-state index contributed by atoms with van der Waals surface area (Å²) in [4.78, 5) is 35.0. The Morgan fingerprint density at radius 2 is 1.81 bits per heavy atom. The van der Waals surface area contributed by atoms with Gasteiger partial charge in [0.15, 0.2) is 0 Å². The summed E-state index contributed by atoms with van der Waals surface area (Å²) in [6, 6.07) is 10.5. The fourth-order valence-corrected chi connectivity index (χ4v) is 1.91. The number of rotatable bonds is 4. The summed E-state index contributed by atoms with van der Waals surface area (Å²) in [6.07, 6.45) is 1.40. The van der Waals surface area contributed by atoms with Crippen molar-refractivity contribution in [1.29, 1.82) is 0 Å². The number of hydrogen-bond acceptors (Lipinski definition) is 3. The van der Waals surface area contributed by atoms with E-state index in [4.69, 9.17) is 5.73 Å². The maximum atomic E-state index is 12.2. The van der Waals surface area contributed by atoms with Crippen molar-refractivity contribution < 1.29 is 9.59 Å². The van der Waals surface area contributed by atoms with Crippen LogP contribution >= 0.6 is 0 Å². The molecule has 1 aromatic heterocycles. The van der Waals surface area contributed by atoms with Crippen LogP contribution in [-0.4, -0.2) is 16.4 Å². The summed E-state index contributed by atoms with van der Waals surface area (Å²) in [5.74, 6) is -1.13. The molecule has 0 bridgehead atoms. The summed E-state index contributed by atoms with van der Waals surface area (Å²) in [5, 5.41) is 2.57. The van der Waals surface area contributed by atoms with E-state index in [0.29, 0.717) is 5.56 Å². The first-order valence-corrected chi connectivity index (χ1v) is 6.31. The molecule has 1 aromatic carbocycles. The van der Waals surface area contributed by atoms with Gasteiger partial charge in [0.1, 0.15) is 6.04 Å². The van der Waals surface area contributed by atoms with Crippen molar-refractivity contribution in [3.63, 3.8) is 0 Å². The molecular formula is C15H15N3O3. The fraction of sp³-hybridized carbons (Fsp3) is 0.133. The average Bonchev–Trinajstić information content (AvgIpc) is 2.48. The number of aromatic nitrogens is 1. The second-order valence-electron chi connectivity index (χ2n) is 4.59. The first-order valence-electron chi connectivity index (χ1n) is 6.31. The van der Waals surface area contributed by atoms with Crippen LogP contribution in [0.5, 0.6) is 0 Å². The third-order valence-electron chi connectivity index (χ3n) is 3.04. The molecule has 0 saturated heterocycles. The van der Waals surface area contributed by atoms with E-state index in [1.165, 1.54) is 22.9 Å². The van der Waals surface area contributed by atoms with E-state index in [9.17, 15) is 14.4 Å². The minimum atomic E-state index is -0.920. The number of carbonyl (C=O) groups excluding carboxylic acids is 2. The molecule has 1 atom stereocenters.